The second-order valence-electron chi connectivity index (χ2n) is 23.4. The molecule has 1 unspecified atom stereocenters. The van der Waals surface area contributed by atoms with Crippen LogP contribution in [0.15, 0.2) is 36.0 Å². The Balaban J connectivity index is 0.959. The molecule has 62 heavy (non-hydrogen) atoms. The summed E-state index contributed by atoms with van der Waals surface area (Å²) in [5.41, 5.74) is 3.43. The lowest BCUT2D eigenvalue weighted by atomic mass is 9.41. The Bertz CT molecular complexity index is 1350. The highest BCUT2D eigenvalue weighted by Gasteiger charge is 2.64. The van der Waals surface area contributed by atoms with Gasteiger partial charge in [0.2, 0.25) is 0 Å². The standard InChI is InChI=1S/C57H101NO4/c1-10-11-12-13-14-15-16-17-18-19-20-21-22-23-37-60-44-50(43-58-36-35-54(5,6)45-58)62-41-39-59-38-40-61-49-30-33-55(7)48(42-49)29-32-57(9)52-28-27-51(47(4)26-24-25-46(2)3)56(52,8)34-31-53(55)57/h14-15,17-18,29,46-47,49-53H,10-13,16,19-28,30-45H2,1-9H3/b15-14-,18-17-/t47-,49+,50?,51-,52-,53-,55+,56-,57+/m1/s1. The van der Waals surface area contributed by atoms with E-state index in [2.05, 4.69) is 97.6 Å². The molecule has 4 aliphatic carbocycles. The second-order valence-corrected chi connectivity index (χ2v) is 23.4. The van der Waals surface area contributed by atoms with Gasteiger partial charge in [-0.15, -0.1) is 0 Å². The minimum absolute atomic E-state index is 0.0906. The minimum atomic E-state index is 0.0906. The fraction of sp³-hybridized carbons (Fsp3) is 0.895. The summed E-state index contributed by atoms with van der Waals surface area (Å²) in [6, 6.07) is 0. The van der Waals surface area contributed by atoms with Crippen LogP contribution in [0.1, 0.15) is 204 Å². The zero-order valence-electron chi connectivity index (χ0n) is 42.4. The molecule has 4 fully saturated rings. The molecule has 5 nitrogen and oxygen atoms in total. The van der Waals surface area contributed by atoms with Gasteiger partial charge in [0.05, 0.1) is 45.2 Å². The molecule has 0 bridgehead atoms. The van der Waals surface area contributed by atoms with E-state index in [1.807, 2.05) is 0 Å². The van der Waals surface area contributed by atoms with Crippen molar-refractivity contribution in [1.82, 2.24) is 4.90 Å². The van der Waals surface area contributed by atoms with Crippen molar-refractivity contribution in [3.05, 3.63) is 36.0 Å². The van der Waals surface area contributed by atoms with Gasteiger partial charge in [0.25, 0.3) is 0 Å². The van der Waals surface area contributed by atoms with Crippen LogP contribution >= 0.6 is 0 Å². The molecule has 1 heterocycles. The van der Waals surface area contributed by atoms with E-state index in [-0.39, 0.29) is 6.10 Å². The van der Waals surface area contributed by atoms with Crippen molar-refractivity contribution < 1.29 is 18.9 Å². The van der Waals surface area contributed by atoms with Crippen molar-refractivity contribution in [1.29, 1.82) is 0 Å². The van der Waals surface area contributed by atoms with Crippen LogP contribution in [0, 0.1) is 51.2 Å². The Morgan fingerprint density at radius 3 is 2.21 bits per heavy atom. The summed E-state index contributed by atoms with van der Waals surface area (Å²) < 4.78 is 25.3. The molecule has 3 saturated carbocycles. The molecule has 0 spiro atoms. The lowest BCUT2D eigenvalue weighted by Crippen LogP contribution is -2.56. The highest BCUT2D eigenvalue weighted by molar-refractivity contribution is 5.28. The van der Waals surface area contributed by atoms with E-state index in [0.717, 1.165) is 75.1 Å². The van der Waals surface area contributed by atoms with Crippen molar-refractivity contribution >= 4 is 0 Å². The molecule has 0 aromatic rings. The van der Waals surface area contributed by atoms with Gasteiger partial charge in [-0.3, -0.25) is 0 Å². The largest absolute Gasteiger partial charge is 0.379 e. The molecule has 358 valence electrons. The summed E-state index contributed by atoms with van der Waals surface area (Å²) in [4.78, 5) is 2.57. The van der Waals surface area contributed by atoms with Crippen molar-refractivity contribution in [2.45, 2.75) is 216 Å². The van der Waals surface area contributed by atoms with E-state index in [4.69, 9.17) is 18.9 Å². The molecule has 0 amide bonds. The van der Waals surface area contributed by atoms with Gasteiger partial charge in [0.15, 0.2) is 0 Å². The first-order valence-electron chi connectivity index (χ1n) is 26.9. The van der Waals surface area contributed by atoms with Crippen LogP contribution in [0.5, 0.6) is 0 Å². The van der Waals surface area contributed by atoms with Crippen molar-refractivity contribution in [3.63, 3.8) is 0 Å². The molecule has 9 atom stereocenters. The summed E-state index contributed by atoms with van der Waals surface area (Å²) in [7, 11) is 0. The first-order chi connectivity index (χ1) is 29.8. The monoisotopic (exact) mass is 864 g/mol. The fourth-order valence-corrected chi connectivity index (χ4v) is 14.0. The van der Waals surface area contributed by atoms with Crippen LogP contribution in [0.2, 0.25) is 0 Å². The SMILES string of the molecule is CCCCC/C=C\C/C=C\CCCCCCOCC(CN1CCC(C)(C)C1)OCCOCCO[C@H]1CC[C@@]2(C)C(=CC[C@@]3(C)[C@@H]4CC[C@H]([C@H](C)CCCC(C)C)[C@@]4(C)CC[C@@H]32)C1. The van der Waals surface area contributed by atoms with Gasteiger partial charge in [-0.05, 0) is 154 Å². The molecule has 5 rings (SSSR count). The third-order valence-electron chi connectivity index (χ3n) is 17.5. The Hall–Kier alpha value is -0.980. The van der Waals surface area contributed by atoms with Crippen LogP contribution in [0.3, 0.4) is 0 Å². The summed E-state index contributed by atoms with van der Waals surface area (Å²) >= 11 is 0. The molecule has 1 saturated heterocycles. The van der Waals surface area contributed by atoms with E-state index in [1.54, 1.807) is 5.57 Å². The Morgan fingerprint density at radius 1 is 0.710 bits per heavy atom. The first-order valence-corrected chi connectivity index (χ1v) is 26.9. The van der Waals surface area contributed by atoms with Crippen LogP contribution in [0.4, 0.5) is 0 Å². The fourth-order valence-electron chi connectivity index (χ4n) is 14.0. The predicted octanol–water partition coefficient (Wildman–Crippen LogP) is 15.0. The maximum atomic E-state index is 6.55. The van der Waals surface area contributed by atoms with Gasteiger partial charge in [0, 0.05) is 19.7 Å². The number of hydrogen-bond donors (Lipinski definition) is 0. The van der Waals surface area contributed by atoms with E-state index < -0.39 is 0 Å². The number of allylic oxidation sites excluding steroid dienone is 5. The third-order valence-corrected chi connectivity index (χ3v) is 17.5. The third kappa shape index (κ3) is 15.0. The Labute approximate surface area is 384 Å². The first kappa shape index (κ1) is 52.0. The van der Waals surface area contributed by atoms with Gasteiger partial charge in [-0.2, -0.15) is 0 Å². The molecule has 0 aromatic heterocycles. The minimum Gasteiger partial charge on any atom is -0.379 e. The number of rotatable bonds is 30. The van der Waals surface area contributed by atoms with Crippen LogP contribution in [-0.4, -0.2) is 76.4 Å². The van der Waals surface area contributed by atoms with E-state index in [0.29, 0.717) is 60.8 Å². The Morgan fingerprint density at radius 2 is 1.47 bits per heavy atom. The highest BCUT2D eigenvalue weighted by Crippen LogP contribution is 2.72. The summed E-state index contributed by atoms with van der Waals surface area (Å²) in [6.45, 7) is 29.8. The van der Waals surface area contributed by atoms with Crippen molar-refractivity contribution in [2.24, 2.45) is 51.2 Å². The Kier molecular flexibility index (Phi) is 21.6. The molecule has 0 N–H and O–H groups in total. The van der Waals surface area contributed by atoms with Crippen molar-refractivity contribution in [2.75, 3.05) is 59.3 Å². The lowest BCUT2D eigenvalue weighted by molar-refractivity contribution is -0.118. The number of nitrogens with zero attached hydrogens (tertiary/aromatic N) is 1. The number of unbranched alkanes of at least 4 members (excludes halogenated alkanes) is 7. The van der Waals surface area contributed by atoms with E-state index in [9.17, 15) is 0 Å². The highest BCUT2D eigenvalue weighted by atomic mass is 16.6. The average Bonchev–Trinajstić information content (AvgIpc) is 3.78. The molecule has 5 aliphatic rings. The van der Waals surface area contributed by atoms with Gasteiger partial charge in [-0.1, -0.05) is 143 Å². The van der Waals surface area contributed by atoms with Gasteiger partial charge in [0.1, 0.15) is 0 Å². The van der Waals surface area contributed by atoms with Crippen LogP contribution < -0.4 is 0 Å². The van der Waals surface area contributed by atoms with Crippen LogP contribution in [0.25, 0.3) is 0 Å². The molecular weight excluding hydrogens is 763 g/mol. The van der Waals surface area contributed by atoms with Gasteiger partial charge in [-0.25, -0.2) is 0 Å². The maximum absolute atomic E-state index is 6.55. The quantitative estimate of drug-likeness (QED) is 0.0531. The second kappa shape index (κ2) is 25.8. The van der Waals surface area contributed by atoms with Crippen molar-refractivity contribution in [3.8, 4) is 0 Å². The number of ether oxygens (including phenoxy) is 4. The predicted molar refractivity (Wildman–Crippen MR) is 264 cm³/mol. The molecule has 0 aromatic carbocycles. The molecule has 5 heteroatoms. The molecule has 1 aliphatic heterocycles. The lowest BCUT2D eigenvalue weighted by Gasteiger charge is -2.63. The average molecular weight is 864 g/mol. The number of likely N-dealkylation sites (tertiary alicyclic amines) is 1. The van der Waals surface area contributed by atoms with Crippen LogP contribution in [-0.2, 0) is 18.9 Å². The number of hydrogen-bond acceptors (Lipinski definition) is 5. The molecular formula is C57H101NO4. The van der Waals surface area contributed by atoms with Gasteiger partial charge < -0.3 is 23.8 Å². The molecule has 0 radical (unpaired) electrons. The zero-order valence-corrected chi connectivity index (χ0v) is 42.4. The van der Waals surface area contributed by atoms with E-state index in [1.165, 1.54) is 122 Å². The zero-order chi connectivity index (χ0) is 44.5. The summed E-state index contributed by atoms with van der Waals surface area (Å²) in [5.74, 6) is 4.31. The topological polar surface area (TPSA) is 40.2 Å². The normalized spacial score (nSPS) is 32.1. The maximum Gasteiger partial charge on any atom is 0.0936 e. The smallest absolute Gasteiger partial charge is 0.0936 e. The van der Waals surface area contributed by atoms with Gasteiger partial charge >= 0.3 is 0 Å². The summed E-state index contributed by atoms with van der Waals surface area (Å²) in [6.07, 6.45) is 41.1. The van der Waals surface area contributed by atoms with E-state index >= 15 is 0 Å². The number of fused-ring (bicyclic) bond motifs is 5. The summed E-state index contributed by atoms with van der Waals surface area (Å²) in [5, 5.41) is 0.